The second kappa shape index (κ2) is 7.27. The van der Waals surface area contributed by atoms with Gasteiger partial charge in [0, 0.05) is 18.7 Å². The largest absolute Gasteiger partial charge is 0.442 e. The lowest BCUT2D eigenvalue weighted by Crippen LogP contribution is -2.32. The van der Waals surface area contributed by atoms with Gasteiger partial charge in [-0.05, 0) is 45.4 Å². The minimum Gasteiger partial charge on any atom is -0.442 e. The third-order valence-electron chi connectivity index (χ3n) is 3.04. The Balaban J connectivity index is 2.12. The maximum Gasteiger partial charge on any atom is 0.436 e. The van der Waals surface area contributed by atoms with E-state index in [0.29, 0.717) is 12.4 Å². The molecule has 1 aliphatic rings. The van der Waals surface area contributed by atoms with Gasteiger partial charge in [-0.25, -0.2) is 9.78 Å². The molecule has 7 nitrogen and oxygen atoms in total. The summed E-state index contributed by atoms with van der Waals surface area (Å²) < 4.78 is 6.32. The molecular formula is C15H22N4O3S. The molecule has 8 heteroatoms. The molecule has 1 saturated heterocycles. The van der Waals surface area contributed by atoms with Crippen LogP contribution in [0.2, 0.25) is 0 Å². The molecular weight excluding hydrogens is 316 g/mol. The number of aromatic nitrogens is 3. The van der Waals surface area contributed by atoms with Crippen molar-refractivity contribution < 1.29 is 14.3 Å². The van der Waals surface area contributed by atoms with Gasteiger partial charge in [0.25, 0.3) is 0 Å². The van der Waals surface area contributed by atoms with Crippen molar-refractivity contribution >= 4 is 29.0 Å². The molecule has 0 aromatic carbocycles. The second-order valence-corrected chi connectivity index (χ2v) is 7.69. The monoisotopic (exact) mass is 338 g/mol. The number of hydrogen-bond donors (Lipinski definition) is 1. The molecule has 1 atom stereocenters. The van der Waals surface area contributed by atoms with Crippen LogP contribution >= 0.6 is 11.8 Å². The average Bonchev–Trinajstić information content (AvgIpc) is 2.87. The van der Waals surface area contributed by atoms with E-state index in [9.17, 15) is 9.59 Å². The van der Waals surface area contributed by atoms with Crippen LogP contribution in [0, 0.1) is 0 Å². The van der Waals surface area contributed by atoms with Crippen LogP contribution in [0.1, 0.15) is 39.9 Å². The number of ether oxygens (including phenoxy) is 1. The van der Waals surface area contributed by atoms with Crippen molar-refractivity contribution in [2.24, 2.45) is 0 Å². The predicted octanol–water partition coefficient (Wildman–Crippen LogP) is 2.09. The average molecular weight is 338 g/mol. The first kappa shape index (κ1) is 17.7. The fraction of sp³-hybridized carbons (Fsp3) is 0.600. The van der Waals surface area contributed by atoms with E-state index in [1.807, 2.05) is 6.08 Å². The number of nitrogens with one attached hydrogen (secondary N) is 1. The fourth-order valence-corrected chi connectivity index (χ4v) is 3.09. The molecule has 1 aliphatic heterocycles. The number of thioether (sulfide) groups is 1. The van der Waals surface area contributed by atoms with Crippen molar-refractivity contribution in [1.82, 2.24) is 20.1 Å². The van der Waals surface area contributed by atoms with Crippen LogP contribution in [0.15, 0.2) is 11.9 Å². The molecule has 126 valence electrons. The molecule has 0 aliphatic carbocycles. The zero-order valence-electron chi connectivity index (χ0n) is 13.8. The molecule has 2 heterocycles. The second-order valence-electron chi connectivity index (χ2n) is 6.31. The normalized spacial score (nSPS) is 20.5. The standard InChI is InChI=1S/C15H22N4O3S/c1-10(20)23-12-5-6-16-8-11(12)7-13-17-9-19(18-13)14(21)22-15(2,3)4/h7,9,12,16H,5-6,8H2,1-4H3/b11-7+. The van der Waals surface area contributed by atoms with E-state index in [1.54, 1.807) is 27.7 Å². The summed E-state index contributed by atoms with van der Waals surface area (Å²) in [5.74, 6) is 0.434. The third kappa shape index (κ3) is 5.47. The number of carbonyl (C=O) groups is 2. The summed E-state index contributed by atoms with van der Waals surface area (Å²) >= 11 is 1.32. The van der Waals surface area contributed by atoms with Crippen molar-refractivity contribution in [3.63, 3.8) is 0 Å². The zero-order valence-corrected chi connectivity index (χ0v) is 14.6. The van der Waals surface area contributed by atoms with Crippen LogP contribution < -0.4 is 5.32 Å². The summed E-state index contributed by atoms with van der Waals surface area (Å²) in [4.78, 5) is 27.4. The Kier molecular flexibility index (Phi) is 5.59. The van der Waals surface area contributed by atoms with E-state index in [1.165, 1.54) is 18.1 Å². The van der Waals surface area contributed by atoms with Gasteiger partial charge < -0.3 is 10.1 Å². The van der Waals surface area contributed by atoms with Crippen LogP contribution in [0.25, 0.3) is 6.08 Å². The molecule has 0 radical (unpaired) electrons. The zero-order chi connectivity index (χ0) is 17.0. The molecule has 23 heavy (non-hydrogen) atoms. The predicted molar refractivity (Wildman–Crippen MR) is 89.2 cm³/mol. The van der Waals surface area contributed by atoms with E-state index in [0.717, 1.165) is 23.2 Å². The highest BCUT2D eigenvalue weighted by atomic mass is 32.2. The summed E-state index contributed by atoms with van der Waals surface area (Å²) in [6.45, 7) is 8.51. The van der Waals surface area contributed by atoms with Gasteiger partial charge in [0.2, 0.25) is 0 Å². The van der Waals surface area contributed by atoms with Gasteiger partial charge >= 0.3 is 6.09 Å². The summed E-state index contributed by atoms with van der Waals surface area (Å²) in [5.41, 5.74) is 0.469. The minimum absolute atomic E-state index is 0.0926. The summed E-state index contributed by atoms with van der Waals surface area (Å²) in [7, 11) is 0. The SMILES string of the molecule is CC(=O)SC1CCNC/C1=C\c1ncn(C(=O)OC(C)(C)C)n1. The van der Waals surface area contributed by atoms with Crippen molar-refractivity contribution in [1.29, 1.82) is 0 Å². The van der Waals surface area contributed by atoms with Gasteiger partial charge in [0.15, 0.2) is 10.9 Å². The van der Waals surface area contributed by atoms with E-state index in [4.69, 9.17) is 4.74 Å². The van der Waals surface area contributed by atoms with Crippen LogP contribution in [-0.4, -0.2) is 49.9 Å². The van der Waals surface area contributed by atoms with Gasteiger partial charge in [0.05, 0.1) is 0 Å². The van der Waals surface area contributed by atoms with Crippen molar-refractivity contribution in [2.45, 2.75) is 45.0 Å². The first-order valence-electron chi connectivity index (χ1n) is 7.48. The number of rotatable bonds is 2. The number of piperidine rings is 1. The van der Waals surface area contributed by atoms with Gasteiger partial charge in [-0.1, -0.05) is 11.8 Å². The number of carbonyl (C=O) groups excluding carboxylic acids is 2. The lowest BCUT2D eigenvalue weighted by Gasteiger charge is -2.24. The molecule has 1 N–H and O–H groups in total. The number of hydrogen-bond acceptors (Lipinski definition) is 7. The summed E-state index contributed by atoms with van der Waals surface area (Å²) in [6.07, 6.45) is 3.48. The maximum absolute atomic E-state index is 11.9. The van der Waals surface area contributed by atoms with Crippen LogP contribution in [0.5, 0.6) is 0 Å². The van der Waals surface area contributed by atoms with Crippen LogP contribution in [-0.2, 0) is 9.53 Å². The molecule has 1 fully saturated rings. The van der Waals surface area contributed by atoms with Crippen LogP contribution in [0.3, 0.4) is 0 Å². The van der Waals surface area contributed by atoms with Gasteiger partial charge in [-0.15, -0.1) is 5.10 Å². The number of nitrogens with zero attached hydrogens (tertiary/aromatic N) is 3. The molecule has 0 saturated carbocycles. The molecule has 1 aromatic rings. The Morgan fingerprint density at radius 1 is 1.48 bits per heavy atom. The van der Waals surface area contributed by atoms with Crippen molar-refractivity contribution in [2.75, 3.05) is 13.1 Å². The Labute approximate surface area is 139 Å². The highest BCUT2D eigenvalue weighted by molar-refractivity contribution is 8.14. The summed E-state index contributed by atoms with van der Waals surface area (Å²) in [5, 5.41) is 7.63. The Hall–Kier alpha value is -1.67. The molecule has 1 unspecified atom stereocenters. The lowest BCUT2D eigenvalue weighted by atomic mass is 10.1. The van der Waals surface area contributed by atoms with E-state index in [-0.39, 0.29) is 10.4 Å². The fourth-order valence-electron chi connectivity index (χ4n) is 2.15. The summed E-state index contributed by atoms with van der Waals surface area (Å²) in [6, 6.07) is 0. The first-order chi connectivity index (χ1) is 10.7. The minimum atomic E-state index is -0.585. The highest BCUT2D eigenvalue weighted by Gasteiger charge is 2.22. The quantitative estimate of drug-likeness (QED) is 0.883. The smallest absolute Gasteiger partial charge is 0.436 e. The van der Waals surface area contributed by atoms with Gasteiger partial charge in [-0.2, -0.15) is 4.68 Å². The maximum atomic E-state index is 11.9. The third-order valence-corrected chi connectivity index (χ3v) is 4.19. The Morgan fingerprint density at radius 2 is 2.22 bits per heavy atom. The molecule has 0 spiro atoms. The topological polar surface area (TPSA) is 86.1 Å². The van der Waals surface area contributed by atoms with Crippen LogP contribution in [0.4, 0.5) is 4.79 Å². The molecule has 1 aromatic heterocycles. The molecule has 0 bridgehead atoms. The first-order valence-corrected chi connectivity index (χ1v) is 8.36. The van der Waals surface area contributed by atoms with Gasteiger partial charge in [0.1, 0.15) is 11.9 Å². The van der Waals surface area contributed by atoms with E-state index >= 15 is 0 Å². The van der Waals surface area contributed by atoms with E-state index in [2.05, 4.69) is 15.4 Å². The van der Waals surface area contributed by atoms with E-state index < -0.39 is 11.7 Å². The van der Waals surface area contributed by atoms with Gasteiger partial charge in [-0.3, -0.25) is 4.79 Å². The highest BCUT2D eigenvalue weighted by Crippen LogP contribution is 2.26. The van der Waals surface area contributed by atoms with Crippen molar-refractivity contribution in [3.05, 3.63) is 17.7 Å². The molecule has 0 amide bonds. The lowest BCUT2D eigenvalue weighted by molar-refractivity contribution is -0.109. The Bertz CT molecular complexity index is 618. The van der Waals surface area contributed by atoms with Crippen molar-refractivity contribution in [3.8, 4) is 0 Å². The molecule has 2 rings (SSSR count). The Morgan fingerprint density at radius 3 is 2.87 bits per heavy atom.